The van der Waals surface area contributed by atoms with Crippen molar-refractivity contribution in [3.05, 3.63) is 64.1 Å². The predicted octanol–water partition coefficient (Wildman–Crippen LogP) is 4.80. The van der Waals surface area contributed by atoms with Crippen LogP contribution in [0.3, 0.4) is 0 Å². The first-order chi connectivity index (χ1) is 13.0. The van der Waals surface area contributed by atoms with Gasteiger partial charge >= 0.3 is 0 Å². The Balaban J connectivity index is 1.79. The largest absolute Gasteiger partial charge is 0.490 e. The van der Waals surface area contributed by atoms with Gasteiger partial charge in [-0.05, 0) is 43.2 Å². The van der Waals surface area contributed by atoms with E-state index in [9.17, 15) is 4.79 Å². The van der Waals surface area contributed by atoms with Crippen molar-refractivity contribution in [1.29, 1.82) is 0 Å². The molecule has 0 N–H and O–H groups in total. The van der Waals surface area contributed by atoms with Gasteiger partial charge in [0.25, 0.3) is 5.91 Å². The molecule has 27 heavy (non-hydrogen) atoms. The summed E-state index contributed by atoms with van der Waals surface area (Å²) >= 11 is 6.48. The summed E-state index contributed by atoms with van der Waals surface area (Å²) < 4.78 is 12.2. The van der Waals surface area contributed by atoms with Crippen LogP contribution in [-0.4, -0.2) is 28.8 Å². The van der Waals surface area contributed by atoms with Crippen molar-refractivity contribution in [3.63, 3.8) is 0 Å². The van der Waals surface area contributed by atoms with Crippen molar-refractivity contribution in [2.45, 2.75) is 20.5 Å². The Morgan fingerprint density at radius 3 is 2.48 bits per heavy atom. The Morgan fingerprint density at radius 1 is 1.11 bits per heavy atom. The number of likely N-dealkylation sites (N-methyl/N-ethyl adjacent to an activating group) is 1. The van der Waals surface area contributed by atoms with Gasteiger partial charge in [-0.25, -0.2) is 0 Å². The standard InChI is InChI=1S/C21H21NO3S2/c1-4-24-18-11-16(12-19-20(23)22(3)21(26)27-19)9-10-17(18)25-13-15-7-5-14(2)6-8-15/h5-12H,4,13H2,1-3H3. The number of hydrogen-bond acceptors (Lipinski definition) is 5. The number of thioether (sulfide) groups is 1. The van der Waals surface area contributed by atoms with Gasteiger partial charge in [0.05, 0.1) is 11.5 Å². The van der Waals surface area contributed by atoms with Crippen LogP contribution in [0.1, 0.15) is 23.6 Å². The molecule has 0 bridgehead atoms. The molecule has 1 amide bonds. The minimum Gasteiger partial charge on any atom is -0.490 e. The van der Waals surface area contributed by atoms with Crippen LogP contribution < -0.4 is 9.47 Å². The normalized spacial score (nSPS) is 15.5. The highest BCUT2D eigenvalue weighted by Crippen LogP contribution is 2.34. The molecule has 2 aromatic rings. The molecule has 6 heteroatoms. The summed E-state index contributed by atoms with van der Waals surface area (Å²) in [7, 11) is 1.69. The average molecular weight is 400 g/mol. The lowest BCUT2D eigenvalue weighted by molar-refractivity contribution is -0.121. The quantitative estimate of drug-likeness (QED) is 0.515. The summed E-state index contributed by atoms with van der Waals surface area (Å²) in [6, 6.07) is 13.9. The Morgan fingerprint density at radius 2 is 1.85 bits per heavy atom. The van der Waals surface area contributed by atoms with E-state index in [1.165, 1.54) is 22.2 Å². The van der Waals surface area contributed by atoms with E-state index in [1.807, 2.05) is 31.2 Å². The Kier molecular flexibility index (Phi) is 6.19. The van der Waals surface area contributed by atoms with E-state index in [4.69, 9.17) is 21.7 Å². The van der Waals surface area contributed by atoms with Crippen LogP contribution in [0.2, 0.25) is 0 Å². The van der Waals surface area contributed by atoms with Crippen LogP contribution in [0.4, 0.5) is 0 Å². The number of benzene rings is 2. The molecule has 4 nitrogen and oxygen atoms in total. The second-order valence-electron chi connectivity index (χ2n) is 6.15. The van der Waals surface area contributed by atoms with Crippen LogP contribution >= 0.6 is 24.0 Å². The molecule has 0 radical (unpaired) electrons. The summed E-state index contributed by atoms with van der Waals surface area (Å²) in [5.41, 5.74) is 3.18. The number of nitrogens with zero attached hydrogens (tertiary/aromatic N) is 1. The van der Waals surface area contributed by atoms with Crippen LogP contribution in [0.5, 0.6) is 11.5 Å². The number of aryl methyl sites for hydroxylation is 1. The third kappa shape index (κ3) is 4.70. The smallest absolute Gasteiger partial charge is 0.265 e. The maximum atomic E-state index is 12.2. The fraction of sp³-hybridized carbons (Fsp3) is 0.238. The highest BCUT2D eigenvalue weighted by atomic mass is 32.2. The van der Waals surface area contributed by atoms with Gasteiger partial charge in [-0.15, -0.1) is 0 Å². The van der Waals surface area contributed by atoms with E-state index >= 15 is 0 Å². The molecule has 2 aromatic carbocycles. The van der Waals surface area contributed by atoms with Crippen molar-refractivity contribution >= 4 is 40.3 Å². The second kappa shape index (κ2) is 8.59. The molecule has 1 fully saturated rings. The van der Waals surface area contributed by atoms with Crippen LogP contribution in [-0.2, 0) is 11.4 Å². The summed E-state index contributed by atoms with van der Waals surface area (Å²) in [6.45, 7) is 4.98. The number of ether oxygens (including phenoxy) is 2. The summed E-state index contributed by atoms with van der Waals surface area (Å²) in [5.74, 6) is 1.26. The monoisotopic (exact) mass is 399 g/mol. The molecule has 1 aliphatic rings. The average Bonchev–Trinajstić information content (AvgIpc) is 2.89. The molecule has 0 unspecified atom stereocenters. The second-order valence-corrected chi connectivity index (χ2v) is 7.83. The topological polar surface area (TPSA) is 38.8 Å². The van der Waals surface area contributed by atoms with Gasteiger partial charge in [-0.3, -0.25) is 9.69 Å². The molecular weight excluding hydrogens is 378 g/mol. The van der Waals surface area contributed by atoms with E-state index in [0.29, 0.717) is 33.9 Å². The lowest BCUT2D eigenvalue weighted by atomic mass is 10.1. The first kappa shape index (κ1) is 19.5. The molecule has 1 saturated heterocycles. The van der Waals surface area contributed by atoms with E-state index in [1.54, 1.807) is 7.05 Å². The number of hydrogen-bond donors (Lipinski definition) is 0. The fourth-order valence-electron chi connectivity index (χ4n) is 2.54. The maximum Gasteiger partial charge on any atom is 0.265 e. The summed E-state index contributed by atoms with van der Waals surface area (Å²) in [6.07, 6.45) is 1.83. The number of amides is 1. The minimum atomic E-state index is -0.0809. The summed E-state index contributed by atoms with van der Waals surface area (Å²) in [4.78, 5) is 14.3. The summed E-state index contributed by atoms with van der Waals surface area (Å²) in [5, 5.41) is 0. The molecular formula is C21H21NO3S2. The van der Waals surface area contributed by atoms with Crippen molar-refractivity contribution < 1.29 is 14.3 Å². The highest BCUT2D eigenvalue weighted by molar-refractivity contribution is 8.26. The van der Waals surface area contributed by atoms with Gasteiger partial charge in [0.1, 0.15) is 10.9 Å². The lowest BCUT2D eigenvalue weighted by Crippen LogP contribution is -2.22. The van der Waals surface area contributed by atoms with Crippen LogP contribution in [0.25, 0.3) is 6.08 Å². The number of carbonyl (C=O) groups is 1. The molecule has 0 saturated carbocycles. The first-order valence-electron chi connectivity index (χ1n) is 8.64. The molecule has 3 rings (SSSR count). The molecule has 1 heterocycles. The molecule has 0 spiro atoms. The Bertz CT molecular complexity index is 891. The van der Waals surface area contributed by atoms with E-state index < -0.39 is 0 Å². The van der Waals surface area contributed by atoms with Gasteiger partial charge in [0.15, 0.2) is 11.5 Å². The minimum absolute atomic E-state index is 0.0809. The zero-order chi connectivity index (χ0) is 19.4. The van der Waals surface area contributed by atoms with E-state index in [-0.39, 0.29) is 5.91 Å². The van der Waals surface area contributed by atoms with Crippen molar-refractivity contribution in [2.24, 2.45) is 0 Å². The predicted molar refractivity (Wildman–Crippen MR) is 114 cm³/mol. The number of rotatable bonds is 6. The zero-order valence-corrected chi connectivity index (χ0v) is 17.2. The van der Waals surface area contributed by atoms with Crippen molar-refractivity contribution in [3.8, 4) is 11.5 Å². The fourth-order valence-corrected chi connectivity index (χ4v) is 3.72. The molecule has 0 aromatic heterocycles. The third-order valence-electron chi connectivity index (χ3n) is 4.07. The first-order valence-corrected chi connectivity index (χ1v) is 9.87. The number of carbonyl (C=O) groups excluding carboxylic acids is 1. The van der Waals surface area contributed by atoms with Gasteiger partial charge in [-0.2, -0.15) is 0 Å². The van der Waals surface area contributed by atoms with Gasteiger partial charge < -0.3 is 9.47 Å². The van der Waals surface area contributed by atoms with Gasteiger partial charge in [0, 0.05) is 7.05 Å². The van der Waals surface area contributed by atoms with E-state index in [2.05, 4.69) is 31.2 Å². The molecule has 140 valence electrons. The zero-order valence-electron chi connectivity index (χ0n) is 15.5. The van der Waals surface area contributed by atoms with E-state index in [0.717, 1.165) is 11.1 Å². The van der Waals surface area contributed by atoms with Crippen LogP contribution in [0.15, 0.2) is 47.4 Å². The lowest BCUT2D eigenvalue weighted by Gasteiger charge is -2.13. The SMILES string of the molecule is CCOc1cc(C=C2SC(=S)N(C)C2=O)ccc1OCc1ccc(C)cc1. The van der Waals surface area contributed by atoms with Crippen LogP contribution in [0, 0.1) is 6.92 Å². The Hall–Kier alpha value is -2.31. The van der Waals surface area contributed by atoms with Gasteiger partial charge in [-0.1, -0.05) is 59.9 Å². The Labute approximate surface area is 169 Å². The van der Waals surface area contributed by atoms with Crippen molar-refractivity contribution in [1.82, 2.24) is 4.90 Å². The maximum absolute atomic E-state index is 12.2. The highest BCUT2D eigenvalue weighted by Gasteiger charge is 2.28. The molecule has 1 aliphatic heterocycles. The molecule has 0 aliphatic carbocycles. The van der Waals surface area contributed by atoms with Crippen molar-refractivity contribution in [2.75, 3.05) is 13.7 Å². The third-order valence-corrected chi connectivity index (χ3v) is 5.55. The molecule has 0 atom stereocenters. The number of thiocarbonyl (C=S) groups is 1. The van der Waals surface area contributed by atoms with Gasteiger partial charge in [0.2, 0.25) is 0 Å².